The molecule has 1 atom stereocenters. The molecule has 1 aromatic carbocycles. The van der Waals surface area contributed by atoms with Crippen molar-refractivity contribution < 1.29 is 9.18 Å². The second kappa shape index (κ2) is 6.39. The average Bonchev–Trinajstić information content (AvgIpc) is 2.93. The number of fused-ring (bicyclic) bond motifs is 1. The molecule has 0 saturated carbocycles. The number of carbonyl (C=O) groups excluding carboxylic acids is 1. The van der Waals surface area contributed by atoms with Crippen molar-refractivity contribution in [1.82, 2.24) is 0 Å². The van der Waals surface area contributed by atoms with Gasteiger partial charge in [-0.3, -0.25) is 4.79 Å². The van der Waals surface area contributed by atoms with Gasteiger partial charge in [0.05, 0.1) is 10.6 Å². The summed E-state index contributed by atoms with van der Waals surface area (Å²) in [6, 6.07) is 6.20. The van der Waals surface area contributed by atoms with Gasteiger partial charge < -0.3 is 5.32 Å². The Balaban J connectivity index is 1.77. The molecule has 0 aliphatic heterocycles. The van der Waals surface area contributed by atoms with Gasteiger partial charge in [0.25, 0.3) is 5.91 Å². The maximum absolute atomic E-state index is 13.8. The van der Waals surface area contributed by atoms with E-state index in [1.807, 2.05) is 6.07 Å². The number of carbonyl (C=O) groups is 1. The van der Waals surface area contributed by atoms with E-state index >= 15 is 0 Å². The highest BCUT2D eigenvalue weighted by atomic mass is 35.5. The van der Waals surface area contributed by atoms with Crippen LogP contribution in [0.1, 0.15) is 39.9 Å². The Kier molecular flexibility index (Phi) is 4.50. The molecule has 3 rings (SSSR count). The van der Waals surface area contributed by atoms with E-state index < -0.39 is 5.82 Å². The molecule has 1 aromatic heterocycles. The molecule has 2 nitrogen and oxygen atoms in total. The lowest BCUT2D eigenvalue weighted by Gasteiger charge is -2.19. The molecule has 0 spiro atoms. The van der Waals surface area contributed by atoms with Crippen LogP contribution in [-0.2, 0) is 12.8 Å². The molecule has 1 heterocycles. The Hall–Kier alpha value is -1.39. The predicted octanol–water partition coefficient (Wildman–Crippen LogP) is 5.31. The number of halogens is 2. The smallest absolute Gasteiger partial charge is 0.265 e. The van der Waals surface area contributed by atoms with Crippen LogP contribution in [0.4, 0.5) is 10.1 Å². The standard InChI is InChI=1S/C17H17ClFNOS/c1-2-10-3-6-15-11(7-10)8-16(22-15)17(21)20-14-5-4-12(18)9-13(14)19/h4-5,8-10H,2-3,6-7H2,1H3,(H,20,21)/t10-/m0/s1. The molecule has 0 radical (unpaired) electrons. The van der Waals surface area contributed by atoms with Crippen LogP contribution >= 0.6 is 22.9 Å². The number of nitrogens with one attached hydrogen (secondary N) is 1. The lowest BCUT2D eigenvalue weighted by atomic mass is 9.87. The van der Waals surface area contributed by atoms with Crippen molar-refractivity contribution in [1.29, 1.82) is 0 Å². The minimum atomic E-state index is -0.520. The zero-order chi connectivity index (χ0) is 15.7. The van der Waals surface area contributed by atoms with E-state index in [1.165, 1.54) is 46.8 Å². The van der Waals surface area contributed by atoms with Crippen LogP contribution < -0.4 is 5.32 Å². The summed E-state index contributed by atoms with van der Waals surface area (Å²) in [6.07, 6.45) is 4.45. The normalized spacial score (nSPS) is 17.1. The minimum absolute atomic E-state index is 0.159. The van der Waals surface area contributed by atoms with Crippen molar-refractivity contribution in [3.63, 3.8) is 0 Å². The van der Waals surface area contributed by atoms with Gasteiger partial charge in [0, 0.05) is 9.90 Å². The van der Waals surface area contributed by atoms with Gasteiger partial charge in [-0.15, -0.1) is 11.3 Å². The number of thiophene rings is 1. The number of rotatable bonds is 3. The molecular formula is C17H17ClFNOS. The van der Waals surface area contributed by atoms with E-state index in [1.54, 1.807) is 6.07 Å². The summed E-state index contributed by atoms with van der Waals surface area (Å²) in [5.74, 6) is -0.0615. The molecular weight excluding hydrogens is 321 g/mol. The van der Waals surface area contributed by atoms with Gasteiger partial charge in [0.15, 0.2) is 0 Å². The summed E-state index contributed by atoms with van der Waals surface area (Å²) in [6.45, 7) is 2.21. The van der Waals surface area contributed by atoms with Crippen LogP contribution in [0.5, 0.6) is 0 Å². The van der Waals surface area contributed by atoms with Crippen LogP contribution in [-0.4, -0.2) is 5.91 Å². The Morgan fingerprint density at radius 2 is 2.27 bits per heavy atom. The fourth-order valence-corrected chi connectivity index (χ4v) is 4.10. The number of amides is 1. The minimum Gasteiger partial charge on any atom is -0.319 e. The van der Waals surface area contributed by atoms with E-state index in [2.05, 4.69) is 12.2 Å². The first-order valence-corrected chi connectivity index (χ1v) is 8.64. The highest BCUT2D eigenvalue weighted by molar-refractivity contribution is 7.14. The number of anilines is 1. The highest BCUT2D eigenvalue weighted by Gasteiger charge is 2.22. The molecule has 1 amide bonds. The van der Waals surface area contributed by atoms with Gasteiger partial charge in [-0.25, -0.2) is 4.39 Å². The third-order valence-electron chi connectivity index (χ3n) is 4.17. The maximum atomic E-state index is 13.8. The van der Waals surface area contributed by atoms with Crippen molar-refractivity contribution in [3.05, 3.63) is 50.4 Å². The summed E-state index contributed by atoms with van der Waals surface area (Å²) in [5.41, 5.74) is 1.44. The molecule has 2 aromatic rings. The molecule has 116 valence electrons. The summed E-state index contributed by atoms with van der Waals surface area (Å²) >= 11 is 7.24. The van der Waals surface area contributed by atoms with Crippen LogP contribution in [0.2, 0.25) is 5.02 Å². The molecule has 1 N–H and O–H groups in total. The molecule has 5 heteroatoms. The molecule has 0 bridgehead atoms. The van der Waals surface area contributed by atoms with Gasteiger partial charge in [-0.05, 0) is 55.0 Å². The SMILES string of the molecule is CC[C@H]1CCc2sc(C(=O)Nc3ccc(Cl)cc3F)cc2C1. The van der Waals surface area contributed by atoms with E-state index in [4.69, 9.17) is 11.6 Å². The Labute approximate surface area is 138 Å². The number of hydrogen-bond acceptors (Lipinski definition) is 2. The molecule has 0 unspecified atom stereocenters. The van der Waals surface area contributed by atoms with Crippen molar-refractivity contribution in [2.75, 3.05) is 5.32 Å². The summed E-state index contributed by atoms with van der Waals surface area (Å²) < 4.78 is 13.8. The van der Waals surface area contributed by atoms with Crippen LogP contribution in [0.25, 0.3) is 0 Å². The first-order chi connectivity index (χ1) is 10.6. The van der Waals surface area contributed by atoms with E-state index in [9.17, 15) is 9.18 Å². The number of hydrogen-bond donors (Lipinski definition) is 1. The van der Waals surface area contributed by atoms with Crippen molar-refractivity contribution >= 4 is 34.5 Å². The highest BCUT2D eigenvalue weighted by Crippen LogP contribution is 2.34. The molecule has 1 aliphatic rings. The largest absolute Gasteiger partial charge is 0.319 e. The fourth-order valence-electron chi connectivity index (χ4n) is 2.83. The number of benzene rings is 1. The summed E-state index contributed by atoms with van der Waals surface area (Å²) in [7, 11) is 0. The summed E-state index contributed by atoms with van der Waals surface area (Å²) in [5, 5.41) is 2.94. The second-order valence-corrected chi connectivity index (χ2v) is 7.23. The predicted molar refractivity (Wildman–Crippen MR) is 89.5 cm³/mol. The van der Waals surface area contributed by atoms with Crippen LogP contribution in [0.15, 0.2) is 24.3 Å². The third kappa shape index (κ3) is 3.18. The molecule has 22 heavy (non-hydrogen) atoms. The lowest BCUT2D eigenvalue weighted by Crippen LogP contribution is -2.11. The van der Waals surface area contributed by atoms with E-state index in [0.717, 1.165) is 12.8 Å². The number of aryl methyl sites for hydroxylation is 1. The quantitative estimate of drug-likeness (QED) is 0.808. The Bertz CT molecular complexity index is 713. The van der Waals surface area contributed by atoms with Crippen molar-refractivity contribution in [3.8, 4) is 0 Å². The van der Waals surface area contributed by atoms with Crippen LogP contribution in [0, 0.1) is 11.7 Å². The monoisotopic (exact) mass is 337 g/mol. The van der Waals surface area contributed by atoms with Gasteiger partial charge in [0.2, 0.25) is 0 Å². The topological polar surface area (TPSA) is 29.1 Å². The van der Waals surface area contributed by atoms with Gasteiger partial charge in [-0.1, -0.05) is 24.9 Å². The van der Waals surface area contributed by atoms with E-state index in [-0.39, 0.29) is 11.6 Å². The lowest BCUT2D eigenvalue weighted by molar-refractivity contribution is 0.103. The summed E-state index contributed by atoms with van der Waals surface area (Å²) in [4.78, 5) is 14.3. The maximum Gasteiger partial charge on any atom is 0.265 e. The second-order valence-electron chi connectivity index (χ2n) is 5.65. The Morgan fingerprint density at radius 3 is 3.00 bits per heavy atom. The zero-order valence-corrected chi connectivity index (χ0v) is 13.9. The molecule has 0 saturated heterocycles. The molecule has 0 fully saturated rings. The van der Waals surface area contributed by atoms with Crippen molar-refractivity contribution in [2.24, 2.45) is 5.92 Å². The third-order valence-corrected chi connectivity index (χ3v) is 5.64. The first kappa shape index (κ1) is 15.5. The average molecular weight is 338 g/mol. The van der Waals surface area contributed by atoms with Crippen LogP contribution in [0.3, 0.4) is 0 Å². The Morgan fingerprint density at radius 1 is 1.45 bits per heavy atom. The zero-order valence-electron chi connectivity index (χ0n) is 12.3. The van der Waals surface area contributed by atoms with Gasteiger partial charge in [-0.2, -0.15) is 0 Å². The van der Waals surface area contributed by atoms with Gasteiger partial charge >= 0.3 is 0 Å². The van der Waals surface area contributed by atoms with Gasteiger partial charge in [0.1, 0.15) is 5.82 Å². The first-order valence-electron chi connectivity index (χ1n) is 7.44. The van der Waals surface area contributed by atoms with Crippen molar-refractivity contribution in [2.45, 2.75) is 32.6 Å². The fraction of sp³-hybridized carbons (Fsp3) is 0.353. The molecule has 1 aliphatic carbocycles. The van der Waals surface area contributed by atoms with E-state index in [0.29, 0.717) is 15.8 Å².